The van der Waals surface area contributed by atoms with Crippen LogP contribution in [0.15, 0.2) is 52.4 Å². The van der Waals surface area contributed by atoms with Crippen molar-refractivity contribution < 1.29 is 30.0 Å². The smallest absolute Gasteiger partial charge is 0.322 e. The van der Waals surface area contributed by atoms with Crippen LogP contribution in [0.4, 0.5) is 11.4 Å². The van der Waals surface area contributed by atoms with Gasteiger partial charge in [-0.05, 0) is 25.1 Å². The predicted molar refractivity (Wildman–Crippen MR) is 149 cm³/mol. The zero-order valence-electron chi connectivity index (χ0n) is 21.8. The van der Waals surface area contributed by atoms with Gasteiger partial charge in [0.25, 0.3) is 0 Å². The number of carbonyl (C=O) groups is 2. The summed E-state index contributed by atoms with van der Waals surface area (Å²) in [7, 11) is 0. The number of benzene rings is 2. The van der Waals surface area contributed by atoms with Gasteiger partial charge in [0.2, 0.25) is 5.91 Å². The number of amides is 1. The normalized spacial score (nSPS) is 20.3. The number of β-amino-alcohol motifs (C(OH)–C–C–N with tert-alkyl or cyclic N) is 1. The Kier molecular flexibility index (Phi) is 9.29. The van der Waals surface area contributed by atoms with Crippen molar-refractivity contribution in [2.75, 3.05) is 31.5 Å². The van der Waals surface area contributed by atoms with E-state index in [2.05, 4.69) is 36.6 Å². The van der Waals surface area contributed by atoms with Gasteiger partial charge in [0.1, 0.15) is 18.0 Å². The summed E-state index contributed by atoms with van der Waals surface area (Å²) in [4.78, 5) is 32.9. The molecule has 4 rings (SSSR count). The van der Waals surface area contributed by atoms with Crippen LogP contribution in [0.1, 0.15) is 30.3 Å². The minimum Gasteiger partial charge on any atom is -0.508 e. The number of carboxylic acid groups (broad SMARTS) is 1. The van der Waals surface area contributed by atoms with Crippen LogP contribution in [0.25, 0.3) is 0 Å². The fraction of sp³-hybridized carbons (Fsp3) is 0.385. The summed E-state index contributed by atoms with van der Waals surface area (Å²) in [6.07, 6.45) is -1.89. The number of aromatic hydroxyl groups is 1. The molecule has 2 aromatic rings. The lowest BCUT2D eigenvalue weighted by Crippen LogP contribution is -2.53. The number of para-hydroxylation sites is 1. The van der Waals surface area contributed by atoms with Crippen molar-refractivity contribution in [3.8, 4) is 5.75 Å². The largest absolute Gasteiger partial charge is 0.508 e. The molecule has 0 saturated heterocycles. The standard InChI is InChI=1S/C26H34N8O6/c1-13(23-22(27)18-4-2-3-5-19(18)34-23)32-20(25(39)40)11-28-21(37)12-29-24(38)14-6-15(8-16(35)7-14)33-26-30-9-17(36)10-31-26/h2-8,13,17,20,22,24,29,32,35-36,38H,9-12,27H2,1H3,(H,28,37)(H,39,40)(H2,30,31,33). The van der Waals surface area contributed by atoms with Crippen LogP contribution in [0.2, 0.25) is 0 Å². The Morgan fingerprint density at radius 1 is 1.23 bits per heavy atom. The van der Waals surface area contributed by atoms with Gasteiger partial charge in [0.15, 0.2) is 5.96 Å². The number of anilines is 1. The third kappa shape index (κ3) is 7.31. The summed E-state index contributed by atoms with van der Waals surface area (Å²) < 4.78 is 0. The maximum absolute atomic E-state index is 12.4. The molecule has 214 valence electrons. The Bertz CT molecular complexity index is 1300. The van der Waals surface area contributed by atoms with Gasteiger partial charge < -0.3 is 42.1 Å². The highest BCUT2D eigenvalue weighted by atomic mass is 16.4. The Balaban J connectivity index is 1.27. The van der Waals surface area contributed by atoms with Crippen LogP contribution in [0.3, 0.4) is 0 Å². The van der Waals surface area contributed by atoms with Crippen LogP contribution in [0, 0.1) is 0 Å². The van der Waals surface area contributed by atoms with Crippen LogP contribution >= 0.6 is 0 Å². The average Bonchev–Trinajstić information content (AvgIpc) is 3.27. The lowest BCUT2D eigenvalue weighted by atomic mass is 10.0. The molecule has 14 heteroatoms. The van der Waals surface area contributed by atoms with Gasteiger partial charge in [-0.1, -0.05) is 18.2 Å². The molecule has 2 heterocycles. The Labute approximate surface area is 230 Å². The number of nitrogens with one attached hydrogen (secondary N) is 5. The first-order valence-corrected chi connectivity index (χ1v) is 12.8. The first-order chi connectivity index (χ1) is 19.1. The molecule has 0 bridgehead atoms. The number of nitrogens with two attached hydrogens (primary N) is 1. The Morgan fingerprint density at radius 2 is 2.00 bits per heavy atom. The molecule has 5 unspecified atom stereocenters. The summed E-state index contributed by atoms with van der Waals surface area (Å²) in [5.74, 6) is -1.41. The molecule has 5 atom stereocenters. The minimum absolute atomic E-state index is 0.124. The van der Waals surface area contributed by atoms with Gasteiger partial charge in [0, 0.05) is 42.0 Å². The zero-order chi connectivity index (χ0) is 28.8. The number of aliphatic carboxylic acids is 1. The van der Waals surface area contributed by atoms with Gasteiger partial charge in [-0.2, -0.15) is 0 Å². The molecule has 0 aliphatic carbocycles. The van der Waals surface area contributed by atoms with Crippen molar-refractivity contribution in [2.45, 2.75) is 37.4 Å². The molecular weight excluding hydrogens is 520 g/mol. The van der Waals surface area contributed by atoms with E-state index in [1.54, 1.807) is 13.0 Å². The van der Waals surface area contributed by atoms with Gasteiger partial charge in [0.05, 0.1) is 36.6 Å². The number of rotatable bonds is 11. The van der Waals surface area contributed by atoms with Crippen molar-refractivity contribution >= 4 is 34.9 Å². The second kappa shape index (κ2) is 12.8. The van der Waals surface area contributed by atoms with Gasteiger partial charge in [-0.3, -0.25) is 30.2 Å². The molecule has 2 aliphatic rings. The first kappa shape index (κ1) is 28.9. The number of carboxylic acids is 1. The lowest BCUT2D eigenvalue weighted by molar-refractivity contribution is -0.139. The fourth-order valence-corrected chi connectivity index (χ4v) is 4.39. The molecule has 0 aromatic heterocycles. The van der Waals surface area contributed by atoms with E-state index < -0.39 is 42.3 Å². The van der Waals surface area contributed by atoms with E-state index in [9.17, 15) is 30.0 Å². The molecule has 11 N–H and O–H groups in total. The number of hydrogen-bond acceptors (Lipinski definition) is 12. The highest BCUT2D eigenvalue weighted by molar-refractivity contribution is 6.01. The number of aliphatic imine (C=N–C) groups is 2. The van der Waals surface area contributed by atoms with E-state index in [-0.39, 0.29) is 30.9 Å². The summed E-state index contributed by atoms with van der Waals surface area (Å²) in [5, 5.41) is 53.8. The number of guanidine groups is 1. The Morgan fingerprint density at radius 3 is 2.70 bits per heavy atom. The van der Waals surface area contributed by atoms with Crippen molar-refractivity contribution in [1.29, 1.82) is 0 Å². The summed E-state index contributed by atoms with van der Waals surface area (Å²) in [6, 6.07) is 9.73. The van der Waals surface area contributed by atoms with Crippen molar-refractivity contribution in [3.05, 3.63) is 53.6 Å². The van der Waals surface area contributed by atoms with E-state index in [1.807, 2.05) is 24.3 Å². The van der Waals surface area contributed by atoms with E-state index >= 15 is 0 Å². The summed E-state index contributed by atoms with van der Waals surface area (Å²) >= 11 is 0. The van der Waals surface area contributed by atoms with E-state index in [4.69, 9.17) is 5.73 Å². The molecule has 0 radical (unpaired) electrons. The molecule has 0 spiro atoms. The highest BCUT2D eigenvalue weighted by Gasteiger charge is 2.30. The quantitative estimate of drug-likeness (QED) is 0.152. The average molecular weight is 555 g/mol. The number of phenolic OH excluding ortho intramolecular Hbond substituents is 1. The predicted octanol–water partition coefficient (Wildman–Crippen LogP) is -0.962. The molecule has 14 nitrogen and oxygen atoms in total. The maximum atomic E-state index is 12.4. The summed E-state index contributed by atoms with van der Waals surface area (Å²) in [6.45, 7) is 1.79. The number of phenols is 1. The second-order valence-corrected chi connectivity index (χ2v) is 9.60. The number of aliphatic hydroxyl groups excluding tert-OH is 2. The van der Waals surface area contributed by atoms with Crippen LogP contribution in [0.5, 0.6) is 5.75 Å². The molecule has 1 amide bonds. The van der Waals surface area contributed by atoms with E-state index in [1.165, 1.54) is 12.1 Å². The van der Waals surface area contributed by atoms with Gasteiger partial charge >= 0.3 is 5.97 Å². The van der Waals surface area contributed by atoms with Gasteiger partial charge in [-0.25, -0.2) is 0 Å². The second-order valence-electron chi connectivity index (χ2n) is 9.60. The minimum atomic E-state index is -1.31. The van der Waals surface area contributed by atoms with E-state index in [0.29, 0.717) is 23.9 Å². The van der Waals surface area contributed by atoms with Crippen molar-refractivity contribution in [1.82, 2.24) is 21.3 Å². The topological polar surface area (TPSA) is 226 Å². The number of aliphatic hydroxyl groups is 2. The molecule has 0 fully saturated rings. The third-order valence-corrected chi connectivity index (χ3v) is 6.48. The Hall–Kier alpha value is -4.08. The molecule has 40 heavy (non-hydrogen) atoms. The van der Waals surface area contributed by atoms with Crippen LogP contribution < -0.4 is 32.3 Å². The molecule has 2 aromatic carbocycles. The number of nitrogens with zero attached hydrogens (tertiary/aromatic N) is 2. The SMILES string of the molecule is CC(NC(CNC(=O)CNC(O)c1cc(O)cc(NC2=NCC(O)CN2)c1)C(=O)O)C1=Nc2ccccc2C1N. The molecule has 2 aliphatic heterocycles. The van der Waals surface area contributed by atoms with Crippen LogP contribution in [-0.4, -0.2) is 88.3 Å². The number of fused-ring (bicyclic) bond motifs is 1. The fourth-order valence-electron chi connectivity index (χ4n) is 4.39. The van der Waals surface area contributed by atoms with Crippen molar-refractivity contribution in [3.63, 3.8) is 0 Å². The van der Waals surface area contributed by atoms with E-state index in [0.717, 1.165) is 11.3 Å². The summed E-state index contributed by atoms with van der Waals surface area (Å²) in [5.41, 5.74) is 9.22. The highest BCUT2D eigenvalue weighted by Crippen LogP contribution is 2.33. The zero-order valence-corrected chi connectivity index (χ0v) is 21.8. The molecular formula is C26H34N8O6. The van der Waals surface area contributed by atoms with Gasteiger partial charge in [-0.15, -0.1) is 0 Å². The number of hydrogen-bond donors (Lipinski definition) is 10. The van der Waals surface area contributed by atoms with Crippen LogP contribution in [-0.2, 0) is 9.59 Å². The number of carbonyl (C=O) groups excluding carboxylic acids is 1. The lowest BCUT2D eigenvalue weighted by Gasteiger charge is -2.23. The van der Waals surface area contributed by atoms with Crippen molar-refractivity contribution in [2.24, 2.45) is 15.7 Å². The monoisotopic (exact) mass is 554 g/mol. The first-order valence-electron chi connectivity index (χ1n) is 12.8. The molecule has 0 saturated carbocycles. The maximum Gasteiger partial charge on any atom is 0.322 e. The third-order valence-electron chi connectivity index (χ3n) is 6.48.